The number of carbonyl (C=O) groups excluding carboxylic acids is 1. The normalized spacial score (nSPS) is 16.3. The lowest BCUT2D eigenvalue weighted by molar-refractivity contribution is 0.0977. The maximum Gasteiger partial charge on any atom is 0.258 e. The van der Waals surface area contributed by atoms with Gasteiger partial charge < -0.3 is 4.90 Å². The average molecular weight is 606 g/mol. The Morgan fingerprint density at radius 3 is 2.40 bits per heavy atom. The van der Waals surface area contributed by atoms with Crippen molar-refractivity contribution in [3.8, 4) is 0 Å². The molecule has 3 aromatic carbocycles. The van der Waals surface area contributed by atoms with E-state index in [1.165, 1.54) is 30.5 Å². The molecule has 0 unspecified atom stereocenters. The summed E-state index contributed by atoms with van der Waals surface area (Å²) in [6.07, 6.45) is 6.80. The second-order valence-electron chi connectivity index (χ2n) is 10.6. The van der Waals surface area contributed by atoms with Gasteiger partial charge in [0.1, 0.15) is 22.6 Å². The summed E-state index contributed by atoms with van der Waals surface area (Å²) in [4.78, 5) is 23.8. The Bertz CT molecular complexity index is 1660. The number of amides is 1. The minimum absolute atomic E-state index is 0.122. The zero-order chi connectivity index (χ0) is 29.3. The number of anilines is 1. The molecule has 6 rings (SSSR count). The number of likely N-dealkylation sites (tertiary alicyclic amines) is 1. The van der Waals surface area contributed by atoms with Gasteiger partial charge in [-0.2, -0.15) is 0 Å². The minimum Gasteiger partial charge on any atom is -0.307 e. The van der Waals surface area contributed by atoms with Gasteiger partial charge in [0.15, 0.2) is 0 Å². The van der Waals surface area contributed by atoms with Gasteiger partial charge in [-0.15, -0.1) is 0 Å². The van der Waals surface area contributed by atoms with Crippen LogP contribution in [0.25, 0.3) is 6.08 Å². The van der Waals surface area contributed by atoms with Gasteiger partial charge in [-0.3, -0.25) is 9.69 Å². The molecule has 2 aliphatic rings. The fourth-order valence-electron chi connectivity index (χ4n) is 5.78. The van der Waals surface area contributed by atoms with Crippen molar-refractivity contribution in [2.45, 2.75) is 28.0 Å². The van der Waals surface area contributed by atoms with E-state index >= 15 is 0 Å². The molecule has 0 bridgehead atoms. The number of benzene rings is 3. The van der Waals surface area contributed by atoms with Crippen molar-refractivity contribution in [2.75, 3.05) is 31.1 Å². The van der Waals surface area contributed by atoms with Crippen LogP contribution >= 0.6 is 23.4 Å². The largest absolute Gasteiger partial charge is 0.307 e. The third kappa shape index (κ3) is 5.98. The summed E-state index contributed by atoms with van der Waals surface area (Å²) in [5.74, 6) is -1.58. The smallest absolute Gasteiger partial charge is 0.258 e. The van der Waals surface area contributed by atoms with Crippen LogP contribution in [0.3, 0.4) is 0 Å². The molecule has 1 fully saturated rings. The Hall–Kier alpha value is -3.59. The van der Waals surface area contributed by atoms with Crippen molar-refractivity contribution >= 4 is 41.0 Å². The molecule has 3 heterocycles. The van der Waals surface area contributed by atoms with Crippen LogP contribution in [-0.4, -0.2) is 42.0 Å². The molecule has 1 saturated heterocycles. The first-order valence-corrected chi connectivity index (χ1v) is 14.8. The summed E-state index contributed by atoms with van der Waals surface area (Å²) >= 11 is 7.66. The van der Waals surface area contributed by atoms with Crippen LogP contribution in [-0.2, 0) is 5.41 Å². The third-order valence-electron chi connectivity index (χ3n) is 8.00. The van der Waals surface area contributed by atoms with E-state index in [4.69, 9.17) is 11.6 Å². The van der Waals surface area contributed by atoms with Crippen LogP contribution < -0.4 is 4.90 Å². The van der Waals surface area contributed by atoms with E-state index in [0.717, 1.165) is 53.0 Å². The molecular formula is C33H27ClF3N3OS. The highest BCUT2D eigenvalue weighted by Crippen LogP contribution is 2.49. The number of fused-ring (bicyclic) bond motifs is 2. The minimum atomic E-state index is -0.596. The maximum absolute atomic E-state index is 14.0. The van der Waals surface area contributed by atoms with E-state index in [1.54, 1.807) is 42.1 Å². The number of carbonyl (C=O) groups is 1. The van der Waals surface area contributed by atoms with Crippen LogP contribution in [0.2, 0.25) is 5.15 Å². The second kappa shape index (κ2) is 12.0. The van der Waals surface area contributed by atoms with E-state index in [-0.39, 0.29) is 22.3 Å². The highest BCUT2D eigenvalue weighted by molar-refractivity contribution is 7.99. The number of piperidine rings is 1. The first-order chi connectivity index (χ1) is 20.3. The molecule has 0 radical (unpaired) electrons. The second-order valence-corrected chi connectivity index (χ2v) is 12.2. The van der Waals surface area contributed by atoms with Gasteiger partial charge in [-0.05, 0) is 98.2 Å². The maximum atomic E-state index is 14.0. The molecule has 0 aliphatic carbocycles. The van der Waals surface area contributed by atoms with E-state index in [2.05, 4.69) is 16.0 Å². The predicted molar refractivity (Wildman–Crippen MR) is 161 cm³/mol. The van der Waals surface area contributed by atoms with Crippen molar-refractivity contribution in [3.05, 3.63) is 124 Å². The van der Waals surface area contributed by atoms with Gasteiger partial charge in [0, 0.05) is 57.4 Å². The van der Waals surface area contributed by atoms with Gasteiger partial charge >= 0.3 is 0 Å². The van der Waals surface area contributed by atoms with Gasteiger partial charge in [0.2, 0.25) is 0 Å². The van der Waals surface area contributed by atoms with Gasteiger partial charge in [0.25, 0.3) is 5.91 Å². The summed E-state index contributed by atoms with van der Waals surface area (Å²) < 4.78 is 40.7. The third-order valence-corrected chi connectivity index (χ3v) is 9.20. The van der Waals surface area contributed by atoms with E-state index in [0.29, 0.717) is 24.2 Å². The molecule has 42 heavy (non-hydrogen) atoms. The number of aromatic nitrogens is 1. The Balaban J connectivity index is 1.24. The Morgan fingerprint density at radius 2 is 1.67 bits per heavy atom. The summed E-state index contributed by atoms with van der Waals surface area (Å²) in [6, 6.07) is 19.4. The standard InChI is InChI=1S/C33H27ClF3N3OS/c34-31-18-23(11-14-38-31)32(41)40-21-33(28-20-27(9-10-30(28)40)42-26-7-5-24(35)6-8-26)12-16-39(17-13-33)15-1-2-22-3-4-25(36)19-29(22)37/h1-11,14,18-20H,12-13,15-17,21H2/b2-1+. The fraction of sp³-hybridized carbons (Fsp3) is 0.212. The van der Waals surface area contributed by atoms with Crippen molar-refractivity contribution in [1.29, 1.82) is 0 Å². The number of hydrogen-bond donors (Lipinski definition) is 0. The van der Waals surface area contributed by atoms with Crippen molar-refractivity contribution in [2.24, 2.45) is 0 Å². The van der Waals surface area contributed by atoms with Crippen molar-refractivity contribution in [1.82, 2.24) is 9.88 Å². The molecule has 1 amide bonds. The van der Waals surface area contributed by atoms with Crippen LogP contribution in [0.15, 0.2) is 94.9 Å². The van der Waals surface area contributed by atoms with Crippen LogP contribution in [0, 0.1) is 17.5 Å². The Morgan fingerprint density at radius 1 is 0.929 bits per heavy atom. The SMILES string of the molecule is O=C(c1ccnc(Cl)c1)N1CC2(CCN(C/C=C/c3ccc(F)cc3F)CC2)c2cc(Sc3ccc(F)cc3)ccc21. The monoisotopic (exact) mass is 605 g/mol. The highest BCUT2D eigenvalue weighted by Gasteiger charge is 2.46. The molecular weight excluding hydrogens is 579 g/mol. The van der Waals surface area contributed by atoms with E-state index in [9.17, 15) is 18.0 Å². The predicted octanol–water partition coefficient (Wildman–Crippen LogP) is 8.01. The molecule has 214 valence electrons. The lowest BCUT2D eigenvalue weighted by Crippen LogP contribution is -2.46. The molecule has 1 spiro atoms. The van der Waals surface area contributed by atoms with Gasteiger partial charge in [0.05, 0.1) is 0 Å². The summed E-state index contributed by atoms with van der Waals surface area (Å²) in [6.45, 7) is 2.79. The lowest BCUT2D eigenvalue weighted by atomic mass is 9.74. The number of nitrogens with zero attached hydrogens (tertiary/aromatic N) is 3. The zero-order valence-corrected chi connectivity index (χ0v) is 24.1. The van der Waals surface area contributed by atoms with Crippen LogP contribution in [0.4, 0.5) is 18.9 Å². The van der Waals surface area contributed by atoms with Crippen LogP contribution in [0.5, 0.6) is 0 Å². The summed E-state index contributed by atoms with van der Waals surface area (Å²) in [7, 11) is 0. The molecule has 4 nitrogen and oxygen atoms in total. The summed E-state index contributed by atoms with van der Waals surface area (Å²) in [5.41, 5.74) is 2.62. The molecule has 0 N–H and O–H groups in total. The number of hydrogen-bond acceptors (Lipinski definition) is 4. The molecule has 1 aromatic heterocycles. The first-order valence-electron chi connectivity index (χ1n) is 13.6. The quantitative estimate of drug-likeness (QED) is 0.209. The average Bonchev–Trinajstić information content (AvgIpc) is 3.29. The zero-order valence-electron chi connectivity index (χ0n) is 22.6. The number of halogens is 4. The summed E-state index contributed by atoms with van der Waals surface area (Å²) in [5, 5.41) is 0.267. The van der Waals surface area contributed by atoms with E-state index in [1.807, 2.05) is 23.1 Å². The first kappa shape index (κ1) is 28.5. The number of pyridine rings is 1. The van der Waals surface area contributed by atoms with E-state index < -0.39 is 11.6 Å². The van der Waals surface area contributed by atoms with Crippen molar-refractivity contribution < 1.29 is 18.0 Å². The molecule has 4 aromatic rings. The van der Waals surface area contributed by atoms with Gasteiger partial charge in [-0.25, -0.2) is 18.2 Å². The van der Waals surface area contributed by atoms with Gasteiger partial charge in [-0.1, -0.05) is 35.5 Å². The molecule has 0 atom stereocenters. The molecule has 0 saturated carbocycles. The number of rotatable bonds is 6. The van der Waals surface area contributed by atoms with Crippen molar-refractivity contribution in [3.63, 3.8) is 0 Å². The highest BCUT2D eigenvalue weighted by atomic mass is 35.5. The topological polar surface area (TPSA) is 36.4 Å². The van der Waals surface area contributed by atoms with Crippen LogP contribution in [0.1, 0.15) is 34.3 Å². The Kier molecular flexibility index (Phi) is 8.12. The lowest BCUT2D eigenvalue weighted by Gasteiger charge is -2.39. The fourth-order valence-corrected chi connectivity index (χ4v) is 6.81. The molecule has 9 heteroatoms. The Labute approximate surface area is 251 Å². The molecule has 2 aliphatic heterocycles.